The molecule has 2 N–H and O–H groups in total. The van der Waals surface area contributed by atoms with Crippen molar-refractivity contribution < 1.29 is 4.74 Å². The van der Waals surface area contributed by atoms with E-state index in [0.717, 1.165) is 28.3 Å². The summed E-state index contributed by atoms with van der Waals surface area (Å²) in [4.78, 5) is 8.60. The van der Waals surface area contributed by atoms with Gasteiger partial charge in [-0.3, -0.25) is 0 Å². The second-order valence-corrected chi connectivity index (χ2v) is 4.74. The molecule has 0 bridgehead atoms. The second kappa shape index (κ2) is 5.36. The molecule has 1 heterocycles. The van der Waals surface area contributed by atoms with Crippen LogP contribution in [0.25, 0.3) is 0 Å². The first-order valence-electron chi connectivity index (χ1n) is 6.30. The van der Waals surface area contributed by atoms with Crippen LogP contribution in [0.15, 0.2) is 18.2 Å². The minimum atomic E-state index is 0.359. The van der Waals surface area contributed by atoms with Crippen molar-refractivity contribution in [2.24, 2.45) is 5.73 Å². The van der Waals surface area contributed by atoms with Crippen LogP contribution in [0, 0.1) is 27.7 Å². The summed E-state index contributed by atoms with van der Waals surface area (Å²) >= 11 is 0. The van der Waals surface area contributed by atoms with Crippen molar-refractivity contribution >= 4 is 0 Å². The van der Waals surface area contributed by atoms with Gasteiger partial charge >= 0.3 is 6.01 Å². The van der Waals surface area contributed by atoms with Gasteiger partial charge < -0.3 is 10.5 Å². The summed E-state index contributed by atoms with van der Waals surface area (Å²) in [6.45, 7) is 8.40. The van der Waals surface area contributed by atoms with Gasteiger partial charge in [-0.25, -0.2) is 4.98 Å². The van der Waals surface area contributed by atoms with Crippen LogP contribution >= 0.6 is 0 Å². The lowest BCUT2D eigenvalue weighted by molar-refractivity contribution is 0.431. The van der Waals surface area contributed by atoms with Gasteiger partial charge in [-0.05, 0) is 50.5 Å². The molecule has 2 aromatic rings. The predicted molar refractivity (Wildman–Crippen MR) is 75.4 cm³/mol. The molecule has 19 heavy (non-hydrogen) atoms. The van der Waals surface area contributed by atoms with Crippen molar-refractivity contribution in [1.82, 2.24) is 9.97 Å². The van der Waals surface area contributed by atoms with Gasteiger partial charge in [-0.2, -0.15) is 4.98 Å². The maximum atomic E-state index is 5.87. The Labute approximate surface area is 113 Å². The Hall–Kier alpha value is -1.94. The lowest BCUT2D eigenvalue weighted by Crippen LogP contribution is -2.04. The summed E-state index contributed by atoms with van der Waals surface area (Å²) in [5.74, 6) is 0.827. The van der Waals surface area contributed by atoms with Gasteiger partial charge in [0.25, 0.3) is 0 Å². The molecule has 0 amide bonds. The lowest BCUT2D eigenvalue weighted by Gasteiger charge is -2.13. The SMILES string of the molecule is Cc1cc(CN)nc(Oc2c(C)ccc(C)c2C)n1. The van der Waals surface area contributed by atoms with Gasteiger partial charge in [0.15, 0.2) is 0 Å². The molecular weight excluding hydrogens is 238 g/mol. The maximum absolute atomic E-state index is 5.87. The second-order valence-electron chi connectivity index (χ2n) is 4.74. The highest BCUT2D eigenvalue weighted by molar-refractivity contribution is 5.45. The third-order valence-corrected chi connectivity index (χ3v) is 3.16. The molecule has 0 aliphatic carbocycles. The number of aryl methyl sites for hydroxylation is 3. The number of nitrogens with two attached hydrogens (primary N) is 1. The maximum Gasteiger partial charge on any atom is 0.322 e. The van der Waals surface area contributed by atoms with E-state index in [1.54, 1.807) is 0 Å². The number of nitrogens with zero attached hydrogens (tertiary/aromatic N) is 2. The number of aromatic nitrogens is 2. The minimum absolute atomic E-state index is 0.359. The van der Waals surface area contributed by atoms with Crippen molar-refractivity contribution in [2.75, 3.05) is 0 Å². The summed E-state index contributed by atoms with van der Waals surface area (Å²) < 4.78 is 5.87. The van der Waals surface area contributed by atoms with E-state index in [0.29, 0.717) is 12.6 Å². The minimum Gasteiger partial charge on any atom is -0.424 e. The van der Waals surface area contributed by atoms with E-state index >= 15 is 0 Å². The Morgan fingerprint density at radius 3 is 2.42 bits per heavy atom. The van der Waals surface area contributed by atoms with E-state index in [4.69, 9.17) is 10.5 Å². The quantitative estimate of drug-likeness (QED) is 0.918. The molecule has 0 spiro atoms. The first-order valence-corrected chi connectivity index (χ1v) is 6.30. The number of rotatable bonds is 3. The normalized spacial score (nSPS) is 10.6. The van der Waals surface area contributed by atoms with Gasteiger partial charge in [-0.1, -0.05) is 12.1 Å². The molecule has 1 aromatic heterocycles. The topological polar surface area (TPSA) is 61.0 Å². The average molecular weight is 257 g/mol. The van der Waals surface area contributed by atoms with Crippen molar-refractivity contribution in [3.63, 3.8) is 0 Å². The van der Waals surface area contributed by atoms with E-state index < -0.39 is 0 Å². The molecule has 4 nitrogen and oxygen atoms in total. The fourth-order valence-electron chi connectivity index (χ4n) is 1.93. The van der Waals surface area contributed by atoms with Crippen molar-refractivity contribution in [3.8, 4) is 11.8 Å². The molecule has 0 radical (unpaired) electrons. The van der Waals surface area contributed by atoms with E-state index in [9.17, 15) is 0 Å². The standard InChI is InChI=1S/C15H19N3O/c1-9-5-6-10(2)14(12(9)4)19-15-17-11(3)7-13(8-16)18-15/h5-7H,8,16H2,1-4H3. The van der Waals surface area contributed by atoms with Crippen LogP contribution < -0.4 is 10.5 Å². The average Bonchev–Trinajstić information content (AvgIpc) is 2.38. The molecule has 1 aromatic carbocycles. The highest BCUT2D eigenvalue weighted by Gasteiger charge is 2.10. The molecular formula is C15H19N3O. The van der Waals surface area contributed by atoms with Crippen LogP contribution in [-0.4, -0.2) is 9.97 Å². The largest absolute Gasteiger partial charge is 0.424 e. The van der Waals surface area contributed by atoms with Gasteiger partial charge in [0.2, 0.25) is 0 Å². The zero-order chi connectivity index (χ0) is 14.0. The highest BCUT2D eigenvalue weighted by atomic mass is 16.5. The number of hydrogen-bond donors (Lipinski definition) is 1. The first kappa shape index (κ1) is 13.5. The summed E-state index contributed by atoms with van der Waals surface area (Å²) in [7, 11) is 0. The molecule has 0 saturated carbocycles. The molecule has 0 atom stereocenters. The van der Waals surface area contributed by atoms with E-state index in [2.05, 4.69) is 23.0 Å². The van der Waals surface area contributed by atoms with E-state index in [-0.39, 0.29) is 0 Å². The molecule has 0 saturated heterocycles. The monoisotopic (exact) mass is 257 g/mol. The smallest absolute Gasteiger partial charge is 0.322 e. The van der Waals surface area contributed by atoms with Gasteiger partial charge in [-0.15, -0.1) is 0 Å². The Balaban J connectivity index is 2.41. The third-order valence-electron chi connectivity index (χ3n) is 3.16. The molecule has 4 heteroatoms. The van der Waals surface area contributed by atoms with Crippen LogP contribution in [0.4, 0.5) is 0 Å². The lowest BCUT2D eigenvalue weighted by atomic mass is 10.1. The summed E-state index contributed by atoms with van der Waals surface area (Å²) in [5, 5.41) is 0. The molecule has 100 valence electrons. The van der Waals surface area contributed by atoms with E-state index in [1.165, 1.54) is 5.56 Å². The predicted octanol–water partition coefficient (Wildman–Crippen LogP) is 2.96. The highest BCUT2D eigenvalue weighted by Crippen LogP contribution is 2.29. The summed E-state index contributed by atoms with van der Waals surface area (Å²) in [6.07, 6.45) is 0. The van der Waals surface area contributed by atoms with Crippen LogP contribution in [-0.2, 0) is 6.54 Å². The van der Waals surface area contributed by atoms with Crippen LogP contribution in [0.2, 0.25) is 0 Å². The van der Waals surface area contributed by atoms with Gasteiger partial charge in [0, 0.05) is 12.2 Å². The summed E-state index contributed by atoms with van der Waals surface area (Å²) in [5.41, 5.74) is 10.6. The molecule has 0 unspecified atom stereocenters. The van der Waals surface area contributed by atoms with Crippen molar-refractivity contribution in [3.05, 3.63) is 46.3 Å². The Bertz CT molecular complexity index is 609. The van der Waals surface area contributed by atoms with Crippen molar-refractivity contribution in [1.29, 1.82) is 0 Å². The number of ether oxygens (including phenoxy) is 1. The van der Waals surface area contributed by atoms with Crippen LogP contribution in [0.1, 0.15) is 28.1 Å². The zero-order valence-electron chi connectivity index (χ0n) is 11.8. The van der Waals surface area contributed by atoms with Crippen LogP contribution in [0.5, 0.6) is 11.8 Å². The Morgan fingerprint density at radius 2 is 1.74 bits per heavy atom. The fourth-order valence-corrected chi connectivity index (χ4v) is 1.93. The van der Waals surface area contributed by atoms with Gasteiger partial charge in [0.1, 0.15) is 5.75 Å². The molecule has 0 fully saturated rings. The molecule has 0 aliphatic heterocycles. The Morgan fingerprint density at radius 1 is 1.05 bits per heavy atom. The fraction of sp³-hybridized carbons (Fsp3) is 0.333. The zero-order valence-corrected chi connectivity index (χ0v) is 11.8. The van der Waals surface area contributed by atoms with E-state index in [1.807, 2.05) is 32.9 Å². The van der Waals surface area contributed by atoms with Crippen molar-refractivity contribution in [2.45, 2.75) is 34.2 Å². The van der Waals surface area contributed by atoms with Gasteiger partial charge in [0.05, 0.1) is 5.69 Å². The third kappa shape index (κ3) is 2.90. The molecule has 0 aliphatic rings. The number of benzene rings is 1. The van der Waals surface area contributed by atoms with Crippen LogP contribution in [0.3, 0.4) is 0 Å². The number of hydrogen-bond acceptors (Lipinski definition) is 4. The summed E-state index contributed by atoms with van der Waals surface area (Å²) in [6, 6.07) is 6.34. The first-order chi connectivity index (χ1) is 9.01. The Kier molecular flexibility index (Phi) is 3.81. The molecule has 2 rings (SSSR count).